The van der Waals surface area contributed by atoms with Gasteiger partial charge in [-0.3, -0.25) is 0 Å². The topological polar surface area (TPSA) is 16.4 Å². The van der Waals surface area contributed by atoms with E-state index >= 15 is 0 Å². The van der Waals surface area contributed by atoms with Crippen LogP contribution < -0.4 is 4.90 Å². The van der Waals surface area contributed by atoms with Crippen molar-refractivity contribution in [3.63, 3.8) is 0 Å². The van der Waals surface area contributed by atoms with Crippen LogP contribution in [0.1, 0.15) is 106 Å². The predicted molar refractivity (Wildman–Crippen MR) is 266 cm³/mol. The van der Waals surface area contributed by atoms with Gasteiger partial charge in [-0.05, 0) is 97.5 Å². The molecular formula is C62H43NO. The van der Waals surface area contributed by atoms with Gasteiger partial charge in [0.15, 0.2) is 0 Å². The van der Waals surface area contributed by atoms with E-state index in [4.69, 9.17) is 23.6 Å². The van der Waals surface area contributed by atoms with E-state index in [1.54, 1.807) is 0 Å². The van der Waals surface area contributed by atoms with E-state index in [2.05, 4.69) is 0 Å². The fraction of sp³-hybridized carbons (Fsp3) is 0.0645. The quantitative estimate of drug-likeness (QED) is 0.166. The minimum atomic E-state index is -4.26. The number of hydrogen-bond acceptors (Lipinski definition) is 2. The normalized spacial score (nSPS) is 23.9. The molecule has 1 aromatic heterocycles. The Balaban J connectivity index is 1.41. The van der Waals surface area contributed by atoms with E-state index in [0.717, 1.165) is 0 Å². The van der Waals surface area contributed by atoms with E-state index in [9.17, 15) is 39.8 Å². The van der Waals surface area contributed by atoms with Gasteiger partial charge in [0, 0.05) is 46.4 Å². The van der Waals surface area contributed by atoms with Crippen molar-refractivity contribution < 1.29 is 63.4 Å². The largest absolute Gasteiger partial charge is 0.455 e. The van der Waals surface area contributed by atoms with Crippen molar-refractivity contribution in [3.8, 4) is 33.4 Å². The highest BCUT2D eigenvalue weighted by Crippen LogP contribution is 2.60. The number of anilines is 3. The minimum Gasteiger partial charge on any atom is -0.455 e. The van der Waals surface area contributed by atoms with E-state index in [0.29, 0.717) is 0 Å². The lowest BCUT2D eigenvalue weighted by atomic mass is 9.68. The summed E-state index contributed by atoms with van der Waals surface area (Å²) >= 11 is 0. The van der Waals surface area contributed by atoms with Crippen molar-refractivity contribution in [2.75, 3.05) is 4.90 Å². The molecule has 0 saturated carbocycles. The number of hydrogen-bond donors (Lipinski definition) is 0. The smallest absolute Gasteiger partial charge is 0.143 e. The highest BCUT2D eigenvalue weighted by molar-refractivity contribution is 6.20. The molecule has 11 aromatic rings. The molecule has 2 aliphatic rings. The van der Waals surface area contributed by atoms with Gasteiger partial charge in [0.2, 0.25) is 0 Å². The zero-order valence-electron chi connectivity index (χ0n) is 74.9. The summed E-state index contributed by atoms with van der Waals surface area (Å²) in [6.45, 7) is -8.52. The molecule has 0 saturated heterocycles. The van der Waals surface area contributed by atoms with Crippen LogP contribution in [-0.2, 0) is 10.8 Å². The summed E-state index contributed by atoms with van der Waals surface area (Å²) in [4.78, 5) is 0.145. The van der Waals surface area contributed by atoms with Crippen LogP contribution in [0.15, 0.2) is 228 Å². The van der Waals surface area contributed by atoms with Gasteiger partial charge in [0.1, 0.15) is 11.2 Å². The Morgan fingerprint density at radius 2 is 1.05 bits per heavy atom. The molecule has 2 aliphatic carbocycles. The van der Waals surface area contributed by atoms with Gasteiger partial charge < -0.3 is 9.32 Å². The van der Waals surface area contributed by atoms with Crippen LogP contribution in [0.25, 0.3) is 66.1 Å². The monoisotopic (exact) mass is 861 g/mol. The van der Waals surface area contributed by atoms with Crippen LogP contribution in [-0.4, -0.2) is 0 Å². The molecule has 0 spiro atoms. The predicted octanol–water partition coefficient (Wildman–Crippen LogP) is 16.5. The second-order valence-corrected chi connectivity index (χ2v) is 14.3. The third-order valence-corrected chi connectivity index (χ3v) is 11.1. The fourth-order valence-corrected chi connectivity index (χ4v) is 8.43. The van der Waals surface area contributed by atoms with E-state index in [1.807, 2.05) is 0 Å². The molecule has 64 heavy (non-hydrogen) atoms. The SMILES string of the molecule is [2H]c1c([2H])c([2H])c(-c2c([2H])c([2H])c3c(oc4c5c([2H])c([2H])c([2H])c([2H])c5c(N(c5c([2H])c([2H])c6c(c5[2H])C(C([2H])([2H])[2H])(C([2H])([2H])[2H])c5c([2H])c([2H])c([2H])c([2H])c5-6)c5c([2H])c([2H])c([2H])c6c5-c5c([2H])c([2H])c([2H])c([2H])c5C6(c5c([2H])c([2H])c([2H])c([2H])c5[2H])c5c([2H])c([2H])c([2H])c([2H])c5[2H])c([2H])c43)c2[2H])c([2H])c1[2H]. The van der Waals surface area contributed by atoms with Crippen LogP contribution in [0.3, 0.4) is 0 Å². The molecule has 1 heterocycles. The van der Waals surface area contributed by atoms with Crippen LogP contribution in [0.2, 0.25) is 0 Å². The molecule has 2 heteroatoms. The summed E-state index contributed by atoms with van der Waals surface area (Å²) in [5.41, 5.74) is -29.1. The van der Waals surface area contributed by atoms with Crippen molar-refractivity contribution in [1.29, 1.82) is 0 Å². The summed E-state index contributed by atoms with van der Waals surface area (Å²) in [6.07, 6.45) is 0. The lowest BCUT2D eigenvalue weighted by molar-refractivity contribution is 0.660. The standard InChI is InChI=1S/C62H43NO/c1-61(2)52-29-16-14-25-45(52)46-36-34-44(38-55(46)61)63(57-39-51-48-35-33-41(40-19-6-3-7-20-40)37-58(48)64-60(51)49-27-13-12-26-47(49)57)56-32-18-31-54-59(56)50-28-15-17-30-53(50)62(54,42-21-8-4-9-22-42)43-23-10-5-11-24-43/h3-39H,1-2H3/i1D3,2D3,3D,4D,5D,6D,7D,8D,9D,10D,11D,12D,13D,14D,15D,16D,17D,18D,19D,20D,21D,22D,23D,24D,25D,26D,27D,28D,29D,30D,31D,32D,33D,34D,35D,36D,37D,38D,39D. The molecule has 10 aromatic carbocycles. The average Bonchev–Trinajstić information content (AvgIpc) is 1.50. The van der Waals surface area contributed by atoms with Gasteiger partial charge in [-0.25, -0.2) is 0 Å². The molecule has 2 nitrogen and oxygen atoms in total. The Bertz CT molecular complexity index is 5910. The Kier molecular flexibility index (Phi) is 2.97. The lowest BCUT2D eigenvalue weighted by Crippen LogP contribution is -2.28. The Hall–Kier alpha value is -7.94. The second kappa shape index (κ2) is 13.8. The number of rotatable bonds is 6. The third kappa shape index (κ3) is 5.08. The molecule has 0 fully saturated rings. The van der Waals surface area contributed by atoms with Crippen molar-refractivity contribution >= 4 is 49.8 Å². The Morgan fingerprint density at radius 1 is 0.422 bits per heavy atom. The van der Waals surface area contributed by atoms with Crippen LogP contribution in [0.5, 0.6) is 0 Å². The Morgan fingerprint density at radius 3 is 1.80 bits per heavy atom. The highest BCUT2D eigenvalue weighted by atomic mass is 16.3. The third-order valence-electron chi connectivity index (χ3n) is 11.1. The molecule has 0 unspecified atom stereocenters. The number of benzene rings is 10. The zero-order chi connectivity index (χ0) is 79.8. The van der Waals surface area contributed by atoms with Gasteiger partial charge in [0.25, 0.3) is 0 Å². The number of nitrogens with zero attached hydrogens (tertiary/aromatic N) is 1. The molecule has 0 aliphatic heterocycles. The fourth-order valence-electron chi connectivity index (χ4n) is 8.43. The first kappa shape index (κ1) is 13.8. The average molecular weight is 861 g/mol. The molecule has 302 valence electrons. The number of fused-ring (bicyclic) bond motifs is 11. The van der Waals surface area contributed by atoms with Crippen molar-refractivity contribution in [2.24, 2.45) is 0 Å². The van der Waals surface area contributed by atoms with Gasteiger partial charge in [-0.2, -0.15) is 0 Å². The second-order valence-electron chi connectivity index (χ2n) is 14.3. The maximum atomic E-state index is 10.8. The zero-order valence-corrected chi connectivity index (χ0v) is 31.9. The van der Waals surface area contributed by atoms with Gasteiger partial charge >= 0.3 is 0 Å². The molecule has 0 atom stereocenters. The number of furan rings is 1. The van der Waals surface area contributed by atoms with E-state index < -0.39 is 365 Å². The Labute approximate surface area is 433 Å². The van der Waals surface area contributed by atoms with Crippen LogP contribution in [0.4, 0.5) is 17.1 Å². The van der Waals surface area contributed by atoms with Crippen molar-refractivity contribution in [1.82, 2.24) is 0 Å². The van der Waals surface area contributed by atoms with E-state index in [1.165, 1.54) is 0 Å². The summed E-state index contributed by atoms with van der Waals surface area (Å²) in [5.74, 6) is 0. The van der Waals surface area contributed by atoms with E-state index in [-0.39, 0.29) is 4.90 Å². The summed E-state index contributed by atoms with van der Waals surface area (Å²) in [5, 5.41) is -4.20. The maximum absolute atomic E-state index is 10.8. The summed E-state index contributed by atoms with van der Waals surface area (Å²) < 4.78 is 413. The molecule has 0 radical (unpaired) electrons. The van der Waals surface area contributed by atoms with Gasteiger partial charge in [-0.15, -0.1) is 0 Å². The lowest BCUT2D eigenvalue weighted by Gasteiger charge is -2.34. The van der Waals surface area contributed by atoms with Crippen LogP contribution in [0, 0.1) is 0 Å². The van der Waals surface area contributed by atoms with Gasteiger partial charge in [0.05, 0.1) is 67.5 Å². The highest BCUT2D eigenvalue weighted by Gasteiger charge is 2.47. The molecule has 13 rings (SSSR count). The van der Waals surface area contributed by atoms with Crippen molar-refractivity contribution in [2.45, 2.75) is 24.5 Å². The summed E-state index contributed by atoms with van der Waals surface area (Å²) in [6, 6.07) is -48.9. The molecular weight excluding hydrogens is 775 g/mol. The van der Waals surface area contributed by atoms with Crippen LogP contribution >= 0.6 is 0 Å². The summed E-state index contributed by atoms with van der Waals surface area (Å²) in [7, 11) is 0. The minimum absolute atomic E-state index is 0.145. The maximum Gasteiger partial charge on any atom is 0.143 e. The molecule has 0 bridgehead atoms. The molecule has 0 amide bonds. The first-order chi connectivity index (χ1) is 49.4. The first-order valence-corrected chi connectivity index (χ1v) is 18.8. The van der Waals surface area contributed by atoms with Gasteiger partial charge in [-0.1, -0.05) is 201 Å². The first-order valence-electron chi connectivity index (χ1n) is 40.3. The van der Waals surface area contributed by atoms with Crippen molar-refractivity contribution in [3.05, 3.63) is 257 Å². The molecule has 0 N–H and O–H groups in total.